The molecule has 0 aromatic carbocycles. The molecule has 0 aliphatic carbocycles. The van der Waals surface area contributed by atoms with Gasteiger partial charge >= 0.3 is 0 Å². The monoisotopic (exact) mass is 325 g/mol. The minimum atomic E-state index is -1.21. The van der Waals surface area contributed by atoms with Gasteiger partial charge in [0, 0.05) is 0 Å². The molecule has 1 aliphatic rings. The van der Waals surface area contributed by atoms with Gasteiger partial charge in [0.2, 0.25) is 5.95 Å². The lowest BCUT2D eigenvalue weighted by molar-refractivity contribution is -0.0511. The van der Waals surface area contributed by atoms with Gasteiger partial charge in [-0.05, 0) is 0 Å². The number of imidazole rings is 1. The topological polar surface area (TPSA) is 140 Å². The summed E-state index contributed by atoms with van der Waals surface area (Å²) in [6, 6.07) is 0. The molecule has 0 bridgehead atoms. The van der Waals surface area contributed by atoms with Gasteiger partial charge in [-0.2, -0.15) is 9.97 Å². The summed E-state index contributed by atoms with van der Waals surface area (Å²) in [6.45, 7) is -0.400. The maximum Gasteiger partial charge on any atom is 0.260 e. The predicted molar refractivity (Wildman–Crippen MR) is 82.3 cm³/mol. The summed E-state index contributed by atoms with van der Waals surface area (Å²) in [7, 11) is 5.77. The standard InChI is InChI=1S/C13H21N6O4/c1-19(2,3)11-7-10(16-13(14)17-11)18(5-15-7)12-9(22)8(21)6(4-20)23-12/h5-6,8-9,12,20-22H,4H2,1-3H3,(H2,14,16,17)/q+1/t6-,8-,9-,12-/m1/s1. The van der Waals surface area contributed by atoms with Crippen LogP contribution in [0.15, 0.2) is 6.33 Å². The van der Waals surface area contributed by atoms with E-state index in [2.05, 4.69) is 15.0 Å². The first-order valence-electron chi connectivity index (χ1n) is 7.18. The normalized spacial score (nSPS) is 28.6. The summed E-state index contributed by atoms with van der Waals surface area (Å²) in [4.78, 5) is 12.7. The first kappa shape index (κ1) is 16.0. The molecule has 0 unspecified atom stereocenters. The van der Waals surface area contributed by atoms with Crippen LogP contribution in [0.5, 0.6) is 0 Å². The number of nitrogen functional groups attached to an aromatic ring is 1. The van der Waals surface area contributed by atoms with Gasteiger partial charge in [0.1, 0.15) is 18.3 Å². The molecule has 4 atom stereocenters. The second kappa shape index (κ2) is 5.35. The van der Waals surface area contributed by atoms with Crippen molar-refractivity contribution in [3.8, 4) is 0 Å². The highest BCUT2D eigenvalue weighted by Gasteiger charge is 2.44. The summed E-state index contributed by atoms with van der Waals surface area (Å²) in [5.74, 6) is 0.701. The highest BCUT2D eigenvalue weighted by atomic mass is 16.6. The Kier molecular flexibility index (Phi) is 3.73. The Balaban J connectivity index is 2.12. The summed E-state index contributed by atoms with van der Waals surface area (Å²) in [6.07, 6.45) is -2.74. The number of nitrogens with zero attached hydrogens (tertiary/aromatic N) is 5. The number of hydrogen-bond donors (Lipinski definition) is 4. The van der Waals surface area contributed by atoms with Crippen LogP contribution in [0.2, 0.25) is 0 Å². The van der Waals surface area contributed by atoms with Gasteiger partial charge in [-0.1, -0.05) is 0 Å². The molecule has 23 heavy (non-hydrogen) atoms. The molecule has 2 aromatic rings. The number of ether oxygens (including phenoxy) is 1. The van der Waals surface area contributed by atoms with E-state index in [0.29, 0.717) is 21.5 Å². The van der Waals surface area contributed by atoms with Crippen LogP contribution in [-0.2, 0) is 4.74 Å². The quantitative estimate of drug-likeness (QED) is 0.486. The Morgan fingerprint density at radius 1 is 1.26 bits per heavy atom. The molecule has 0 spiro atoms. The maximum absolute atomic E-state index is 10.2. The maximum atomic E-state index is 10.2. The van der Waals surface area contributed by atoms with Gasteiger partial charge in [0.25, 0.3) is 5.82 Å². The van der Waals surface area contributed by atoms with Gasteiger partial charge in [-0.25, -0.2) is 4.98 Å². The molecule has 0 radical (unpaired) electrons. The van der Waals surface area contributed by atoms with Crippen LogP contribution in [0, 0.1) is 0 Å². The van der Waals surface area contributed by atoms with Crippen molar-refractivity contribution in [2.75, 3.05) is 33.5 Å². The molecule has 5 N–H and O–H groups in total. The first-order valence-corrected chi connectivity index (χ1v) is 7.18. The van der Waals surface area contributed by atoms with Crippen molar-refractivity contribution in [1.82, 2.24) is 24.0 Å². The third kappa shape index (κ3) is 2.54. The zero-order valence-electron chi connectivity index (χ0n) is 13.2. The van der Waals surface area contributed by atoms with Crippen LogP contribution >= 0.6 is 0 Å². The van der Waals surface area contributed by atoms with Gasteiger partial charge in [0.15, 0.2) is 17.4 Å². The average Bonchev–Trinajstić information content (AvgIpc) is 3.00. The zero-order valence-corrected chi connectivity index (χ0v) is 13.2. The molecule has 126 valence electrons. The van der Waals surface area contributed by atoms with E-state index in [0.717, 1.165) is 0 Å². The van der Waals surface area contributed by atoms with E-state index in [1.807, 2.05) is 21.1 Å². The molecular weight excluding hydrogens is 304 g/mol. The highest BCUT2D eigenvalue weighted by Crippen LogP contribution is 2.33. The van der Waals surface area contributed by atoms with Crippen molar-refractivity contribution in [2.45, 2.75) is 24.5 Å². The fourth-order valence-corrected chi connectivity index (χ4v) is 2.68. The van der Waals surface area contributed by atoms with Crippen LogP contribution in [0.25, 0.3) is 11.2 Å². The molecule has 1 saturated heterocycles. The molecule has 0 saturated carbocycles. The summed E-state index contributed by atoms with van der Waals surface area (Å²) in [5, 5.41) is 29.3. The van der Waals surface area contributed by atoms with Crippen LogP contribution in [0.3, 0.4) is 0 Å². The Hall–Kier alpha value is -1.85. The Bertz CT molecular complexity index is 727. The van der Waals surface area contributed by atoms with Gasteiger partial charge in [0.05, 0.1) is 34.1 Å². The van der Waals surface area contributed by atoms with Crippen molar-refractivity contribution in [1.29, 1.82) is 0 Å². The number of aromatic nitrogens is 4. The smallest absolute Gasteiger partial charge is 0.260 e. The second-order valence-electron chi connectivity index (χ2n) is 6.47. The predicted octanol–water partition coefficient (Wildman–Crippen LogP) is -1.78. The van der Waals surface area contributed by atoms with Crippen LogP contribution < -0.4 is 10.2 Å². The van der Waals surface area contributed by atoms with Crippen molar-refractivity contribution in [3.63, 3.8) is 0 Å². The van der Waals surface area contributed by atoms with Gasteiger partial charge in [-0.15, -0.1) is 0 Å². The number of aliphatic hydroxyl groups is 3. The molecule has 1 aliphatic heterocycles. The molecule has 0 amide bonds. The lowest BCUT2D eigenvalue weighted by Gasteiger charge is -2.22. The number of hydrogen-bond acceptors (Lipinski definition) is 8. The number of rotatable bonds is 3. The number of nitrogens with two attached hydrogens (primary N) is 1. The minimum Gasteiger partial charge on any atom is -0.394 e. The summed E-state index contributed by atoms with van der Waals surface area (Å²) < 4.78 is 7.40. The Morgan fingerprint density at radius 2 is 1.96 bits per heavy atom. The fraction of sp³-hybridized carbons (Fsp3) is 0.615. The molecule has 3 heterocycles. The van der Waals surface area contributed by atoms with Gasteiger partial charge in [-0.3, -0.25) is 9.05 Å². The average molecular weight is 325 g/mol. The molecule has 3 rings (SSSR count). The molecular formula is C13H21N6O4+. The van der Waals surface area contributed by atoms with Crippen molar-refractivity contribution >= 4 is 22.9 Å². The van der Waals surface area contributed by atoms with E-state index in [1.165, 1.54) is 10.9 Å². The van der Waals surface area contributed by atoms with Crippen LogP contribution in [0.1, 0.15) is 6.23 Å². The lowest BCUT2D eigenvalue weighted by Crippen LogP contribution is -2.36. The van der Waals surface area contributed by atoms with Crippen molar-refractivity contribution in [2.24, 2.45) is 0 Å². The van der Waals surface area contributed by atoms with E-state index in [4.69, 9.17) is 10.5 Å². The van der Waals surface area contributed by atoms with E-state index in [9.17, 15) is 15.3 Å². The molecule has 1 fully saturated rings. The minimum absolute atomic E-state index is 0.0778. The molecule has 10 heteroatoms. The fourth-order valence-electron chi connectivity index (χ4n) is 2.68. The summed E-state index contributed by atoms with van der Waals surface area (Å²) in [5.41, 5.74) is 6.73. The van der Waals surface area contributed by atoms with Crippen LogP contribution in [-0.4, -0.2) is 80.9 Å². The number of fused-ring (bicyclic) bond motifs is 1. The SMILES string of the molecule is C[N+](C)(C)c1nc(N)nc2c1ncn2[C@@H]1O[C@H](CO)[C@@H](O)[C@H]1O. The Labute approximate surface area is 132 Å². The van der Waals surface area contributed by atoms with E-state index >= 15 is 0 Å². The second-order valence-corrected chi connectivity index (χ2v) is 6.47. The lowest BCUT2D eigenvalue weighted by atomic mass is 10.1. The number of quaternary nitrogens is 1. The molecule has 2 aromatic heterocycles. The first-order chi connectivity index (χ1) is 10.7. The molecule has 10 nitrogen and oxygen atoms in total. The Morgan fingerprint density at radius 3 is 2.52 bits per heavy atom. The van der Waals surface area contributed by atoms with Crippen molar-refractivity contribution in [3.05, 3.63) is 6.33 Å². The third-order valence-corrected chi connectivity index (χ3v) is 3.85. The largest absolute Gasteiger partial charge is 0.394 e. The number of aliphatic hydroxyl groups excluding tert-OH is 3. The van der Waals surface area contributed by atoms with Crippen molar-refractivity contribution < 1.29 is 20.1 Å². The van der Waals surface area contributed by atoms with Crippen LogP contribution in [0.4, 0.5) is 11.8 Å². The van der Waals surface area contributed by atoms with E-state index < -0.39 is 31.1 Å². The number of anilines is 1. The van der Waals surface area contributed by atoms with E-state index in [-0.39, 0.29) is 5.95 Å². The van der Waals surface area contributed by atoms with E-state index in [1.54, 1.807) is 0 Å². The highest BCUT2D eigenvalue weighted by molar-refractivity contribution is 5.83. The zero-order chi connectivity index (χ0) is 16.9. The third-order valence-electron chi connectivity index (χ3n) is 3.85. The summed E-state index contributed by atoms with van der Waals surface area (Å²) >= 11 is 0. The van der Waals surface area contributed by atoms with Gasteiger partial charge < -0.3 is 25.8 Å².